The Hall–Kier alpha value is -9.56. The molecule has 0 unspecified atom stereocenters. The molecule has 1 aliphatic rings. The van der Waals surface area contributed by atoms with Gasteiger partial charge in [0.1, 0.15) is 0 Å². The van der Waals surface area contributed by atoms with E-state index in [9.17, 15) is 0 Å². The van der Waals surface area contributed by atoms with Crippen LogP contribution in [0.2, 0.25) is 0 Å². The Labute approximate surface area is 432 Å². The van der Waals surface area contributed by atoms with E-state index in [2.05, 4.69) is 302 Å². The summed E-state index contributed by atoms with van der Waals surface area (Å²) in [6.07, 6.45) is 0. The fourth-order valence-corrected chi connectivity index (χ4v) is 12.3. The maximum Gasteiger partial charge on any atom is 0.0714 e. The molecule has 0 saturated heterocycles. The molecular formula is C73H49N. The Kier molecular flexibility index (Phi) is 10.5. The minimum absolute atomic E-state index is 0.582. The van der Waals surface area contributed by atoms with Gasteiger partial charge in [-0.1, -0.05) is 267 Å². The lowest BCUT2D eigenvalue weighted by atomic mass is 9.67. The third-order valence-corrected chi connectivity index (χ3v) is 15.5. The molecule has 346 valence electrons. The highest BCUT2D eigenvalue weighted by Crippen LogP contribution is 2.57. The second-order valence-electron chi connectivity index (χ2n) is 19.5. The predicted octanol–water partition coefficient (Wildman–Crippen LogP) is 19.6. The number of benzene rings is 13. The maximum atomic E-state index is 2.56. The lowest BCUT2D eigenvalue weighted by Crippen LogP contribution is -2.28. The Morgan fingerprint density at radius 2 is 0.730 bits per heavy atom. The second kappa shape index (κ2) is 17.9. The Morgan fingerprint density at radius 3 is 1.43 bits per heavy atom. The number of hydrogen-bond acceptors (Lipinski definition) is 1. The van der Waals surface area contributed by atoms with Crippen LogP contribution in [-0.4, -0.2) is 0 Å². The standard InChI is InChI=1S/C73H49N/c1-4-22-50(23-5-1)54-44-47-60(51-24-6-2-7-25-51)68(48-54)53-42-45-57(46-43-53)74(72-67-38-15-13-34-62(67)61-33-12-14-37-66(61)71(72)65-39-20-27-52-26-10-11-32-59(52)65)58-31-21-30-56(49-58)73(55-28-8-3-9-29-55)69-40-18-16-35-63(69)64-36-17-19-41-70(64)73/h1-49H. The zero-order valence-electron chi connectivity index (χ0n) is 40.7. The lowest BCUT2D eigenvalue weighted by Gasteiger charge is -2.36. The number of anilines is 3. The molecule has 0 aromatic heterocycles. The van der Waals surface area contributed by atoms with E-state index in [1.807, 2.05) is 0 Å². The highest BCUT2D eigenvalue weighted by molar-refractivity contribution is 6.24. The minimum Gasteiger partial charge on any atom is -0.309 e. The molecule has 0 heterocycles. The molecule has 1 heteroatoms. The largest absolute Gasteiger partial charge is 0.309 e. The van der Waals surface area contributed by atoms with Crippen LogP contribution in [0.15, 0.2) is 297 Å². The molecule has 13 aromatic rings. The van der Waals surface area contributed by atoms with Gasteiger partial charge in [-0.05, 0) is 130 Å². The average molecular weight is 940 g/mol. The fraction of sp³-hybridized carbons (Fsp3) is 0.0137. The van der Waals surface area contributed by atoms with Gasteiger partial charge in [-0.25, -0.2) is 0 Å². The number of fused-ring (bicyclic) bond motifs is 7. The zero-order valence-corrected chi connectivity index (χ0v) is 40.7. The van der Waals surface area contributed by atoms with E-state index in [-0.39, 0.29) is 0 Å². The van der Waals surface area contributed by atoms with Crippen molar-refractivity contribution in [1.82, 2.24) is 0 Å². The summed E-state index contributed by atoms with van der Waals surface area (Å²) in [5, 5.41) is 7.26. The Morgan fingerprint density at radius 1 is 0.243 bits per heavy atom. The molecular weight excluding hydrogens is 891 g/mol. The van der Waals surface area contributed by atoms with Crippen molar-refractivity contribution >= 4 is 49.4 Å². The average Bonchev–Trinajstić information content (AvgIpc) is 3.87. The van der Waals surface area contributed by atoms with Crippen LogP contribution < -0.4 is 4.90 Å². The molecule has 0 saturated carbocycles. The first kappa shape index (κ1) is 43.2. The van der Waals surface area contributed by atoms with Crippen molar-refractivity contribution in [2.24, 2.45) is 0 Å². The van der Waals surface area contributed by atoms with Crippen molar-refractivity contribution in [3.8, 4) is 55.6 Å². The molecule has 0 bridgehead atoms. The van der Waals surface area contributed by atoms with Crippen LogP contribution in [0.3, 0.4) is 0 Å². The van der Waals surface area contributed by atoms with Crippen LogP contribution in [0.25, 0.3) is 88.0 Å². The topological polar surface area (TPSA) is 3.24 Å². The second-order valence-corrected chi connectivity index (χ2v) is 19.5. The van der Waals surface area contributed by atoms with E-state index in [0.29, 0.717) is 0 Å². The van der Waals surface area contributed by atoms with E-state index in [4.69, 9.17) is 0 Å². The van der Waals surface area contributed by atoms with Crippen LogP contribution >= 0.6 is 0 Å². The smallest absolute Gasteiger partial charge is 0.0714 e. The van der Waals surface area contributed by atoms with E-state index < -0.39 is 5.41 Å². The van der Waals surface area contributed by atoms with Gasteiger partial charge in [0, 0.05) is 22.3 Å². The van der Waals surface area contributed by atoms with Gasteiger partial charge in [0.2, 0.25) is 0 Å². The minimum atomic E-state index is -0.582. The van der Waals surface area contributed by atoms with E-state index in [1.165, 1.54) is 105 Å². The van der Waals surface area contributed by atoms with Crippen LogP contribution in [0.5, 0.6) is 0 Å². The quantitative estimate of drug-likeness (QED) is 0.130. The summed E-state index contributed by atoms with van der Waals surface area (Å²) < 4.78 is 0. The highest BCUT2D eigenvalue weighted by Gasteiger charge is 2.46. The monoisotopic (exact) mass is 939 g/mol. The molecule has 1 nitrogen and oxygen atoms in total. The van der Waals surface area contributed by atoms with Crippen LogP contribution in [-0.2, 0) is 5.41 Å². The summed E-state index contributed by atoms with van der Waals surface area (Å²) >= 11 is 0. The van der Waals surface area contributed by atoms with Crippen LogP contribution in [0.1, 0.15) is 22.3 Å². The van der Waals surface area contributed by atoms with Crippen molar-refractivity contribution in [1.29, 1.82) is 0 Å². The van der Waals surface area contributed by atoms with Gasteiger partial charge in [-0.2, -0.15) is 0 Å². The third-order valence-electron chi connectivity index (χ3n) is 15.5. The van der Waals surface area contributed by atoms with E-state index in [1.54, 1.807) is 0 Å². The first-order valence-electron chi connectivity index (χ1n) is 25.7. The number of hydrogen-bond donors (Lipinski definition) is 0. The fourth-order valence-electron chi connectivity index (χ4n) is 12.3. The van der Waals surface area contributed by atoms with Crippen LogP contribution in [0.4, 0.5) is 17.1 Å². The summed E-state index contributed by atoms with van der Waals surface area (Å²) in [6.45, 7) is 0. The van der Waals surface area contributed by atoms with Gasteiger partial charge in [-0.15, -0.1) is 0 Å². The number of nitrogens with zero attached hydrogens (tertiary/aromatic N) is 1. The van der Waals surface area contributed by atoms with Crippen molar-refractivity contribution < 1.29 is 0 Å². The van der Waals surface area contributed by atoms with Crippen molar-refractivity contribution in [2.75, 3.05) is 4.90 Å². The molecule has 74 heavy (non-hydrogen) atoms. The third kappa shape index (κ3) is 6.93. The normalized spacial score (nSPS) is 12.4. The summed E-state index contributed by atoms with van der Waals surface area (Å²) in [5.74, 6) is 0. The van der Waals surface area contributed by atoms with E-state index >= 15 is 0 Å². The van der Waals surface area contributed by atoms with Gasteiger partial charge < -0.3 is 4.90 Å². The summed E-state index contributed by atoms with van der Waals surface area (Å²) in [7, 11) is 0. The Balaban J connectivity index is 1.07. The highest BCUT2D eigenvalue weighted by atomic mass is 15.1. The van der Waals surface area contributed by atoms with Crippen molar-refractivity contribution in [3.05, 3.63) is 320 Å². The lowest BCUT2D eigenvalue weighted by molar-refractivity contribution is 0.768. The number of rotatable bonds is 9. The molecule has 0 fully saturated rings. The maximum absolute atomic E-state index is 2.56. The van der Waals surface area contributed by atoms with E-state index in [0.717, 1.165) is 22.6 Å². The zero-order chi connectivity index (χ0) is 49.0. The van der Waals surface area contributed by atoms with Crippen LogP contribution in [0, 0.1) is 0 Å². The summed E-state index contributed by atoms with van der Waals surface area (Å²) in [6, 6.07) is 110. The molecule has 0 spiro atoms. The predicted molar refractivity (Wildman–Crippen MR) is 313 cm³/mol. The van der Waals surface area contributed by atoms with Crippen molar-refractivity contribution in [2.45, 2.75) is 5.41 Å². The molecule has 1 aliphatic carbocycles. The molecule has 14 rings (SSSR count). The van der Waals surface area contributed by atoms with Gasteiger partial charge in [0.15, 0.2) is 0 Å². The Bertz CT molecular complexity index is 4180. The molecule has 0 radical (unpaired) electrons. The van der Waals surface area contributed by atoms with Gasteiger partial charge in [0.05, 0.1) is 11.1 Å². The van der Waals surface area contributed by atoms with Gasteiger partial charge >= 0.3 is 0 Å². The molecule has 0 amide bonds. The molecule has 13 aromatic carbocycles. The SMILES string of the molecule is c1ccc(-c2ccc(-c3ccccc3)c(-c3ccc(N(c4cccc(C5(c6ccccc6)c6ccccc6-c6ccccc65)c4)c4c(-c5cccc6ccccc56)c5ccccc5c5ccccc45)cc3)c2)cc1. The van der Waals surface area contributed by atoms with Gasteiger partial charge in [-0.3, -0.25) is 0 Å². The molecule has 0 aliphatic heterocycles. The molecule has 0 N–H and O–H groups in total. The van der Waals surface area contributed by atoms with Crippen molar-refractivity contribution in [3.63, 3.8) is 0 Å². The van der Waals surface area contributed by atoms with Gasteiger partial charge in [0.25, 0.3) is 0 Å². The molecule has 0 atom stereocenters. The first-order valence-corrected chi connectivity index (χ1v) is 25.7. The summed E-state index contributed by atoms with van der Waals surface area (Å²) in [5.41, 5.74) is 19.8. The first-order chi connectivity index (χ1) is 36.7. The summed E-state index contributed by atoms with van der Waals surface area (Å²) in [4.78, 5) is 2.56.